The van der Waals surface area contributed by atoms with E-state index in [9.17, 15) is 4.79 Å². The molecule has 3 aromatic rings. The maximum atomic E-state index is 14.0. The van der Waals surface area contributed by atoms with Crippen molar-refractivity contribution in [3.05, 3.63) is 75.4 Å². The minimum atomic E-state index is -0.457. The first kappa shape index (κ1) is 26.7. The van der Waals surface area contributed by atoms with Crippen molar-refractivity contribution >= 4 is 33.1 Å². The number of carbonyl (C=O) groups is 1. The summed E-state index contributed by atoms with van der Waals surface area (Å²) in [6.07, 6.45) is 0.936. The molecule has 0 spiro atoms. The third kappa shape index (κ3) is 4.87. The molecule has 204 valence electrons. The second-order valence-corrected chi connectivity index (χ2v) is 10.2. The van der Waals surface area contributed by atoms with Crippen molar-refractivity contribution in [1.29, 1.82) is 0 Å². The minimum Gasteiger partial charge on any atom is -0.496 e. The first-order valence-electron chi connectivity index (χ1n) is 12.5. The van der Waals surface area contributed by atoms with Gasteiger partial charge in [0.2, 0.25) is 5.75 Å². The summed E-state index contributed by atoms with van der Waals surface area (Å²) in [5, 5.41) is 7.18. The zero-order chi connectivity index (χ0) is 27.7. The van der Waals surface area contributed by atoms with E-state index in [1.807, 2.05) is 48.5 Å². The molecule has 1 heterocycles. The maximum absolute atomic E-state index is 14.0. The van der Waals surface area contributed by atoms with Gasteiger partial charge in [0.25, 0.3) is 0 Å². The van der Waals surface area contributed by atoms with Crippen molar-refractivity contribution in [3.63, 3.8) is 0 Å². The van der Waals surface area contributed by atoms with Gasteiger partial charge in [-0.3, -0.25) is 4.79 Å². The number of halogens is 1. The highest BCUT2D eigenvalue weighted by atomic mass is 79.9. The summed E-state index contributed by atoms with van der Waals surface area (Å²) in [4.78, 5) is 14.0. The van der Waals surface area contributed by atoms with E-state index in [1.54, 1.807) is 35.5 Å². The molecule has 39 heavy (non-hydrogen) atoms. The van der Waals surface area contributed by atoms with Crippen molar-refractivity contribution in [2.24, 2.45) is 0 Å². The molecule has 3 aromatic carbocycles. The summed E-state index contributed by atoms with van der Waals surface area (Å²) in [6.45, 7) is 0. The standard InChI is InChI=1S/C30H31BrN2O6/c1-35-24-15-19(31)25(36-2)14-18(24)29-28-22(32-20-8-6-7-9-21(20)33-29)10-16(11-23(28)34)17-12-26(37-3)30(39-5)27(13-17)38-4/h6-9,12-16,29,32-33H,10-11H2,1-5H3. The summed E-state index contributed by atoms with van der Waals surface area (Å²) in [6, 6.07) is 15.1. The van der Waals surface area contributed by atoms with E-state index >= 15 is 0 Å². The lowest BCUT2D eigenvalue weighted by molar-refractivity contribution is -0.116. The number of rotatable bonds is 7. The summed E-state index contributed by atoms with van der Waals surface area (Å²) in [5.41, 5.74) is 5.07. The number of methoxy groups -OCH3 is 5. The smallest absolute Gasteiger partial charge is 0.203 e. The van der Waals surface area contributed by atoms with Gasteiger partial charge in [0.15, 0.2) is 17.3 Å². The molecule has 0 saturated carbocycles. The Labute approximate surface area is 236 Å². The molecule has 1 aliphatic carbocycles. The topological polar surface area (TPSA) is 87.3 Å². The lowest BCUT2D eigenvalue weighted by Gasteiger charge is -2.31. The van der Waals surface area contributed by atoms with Crippen molar-refractivity contribution < 1.29 is 28.5 Å². The van der Waals surface area contributed by atoms with E-state index in [-0.39, 0.29) is 11.7 Å². The van der Waals surface area contributed by atoms with Gasteiger partial charge in [-0.2, -0.15) is 0 Å². The molecule has 2 aliphatic rings. The maximum Gasteiger partial charge on any atom is 0.203 e. The second-order valence-electron chi connectivity index (χ2n) is 9.36. The number of carbonyl (C=O) groups excluding carboxylic acids is 1. The van der Waals surface area contributed by atoms with Crippen LogP contribution in [0.3, 0.4) is 0 Å². The van der Waals surface area contributed by atoms with Gasteiger partial charge in [-0.05, 0) is 70.2 Å². The summed E-state index contributed by atoms with van der Waals surface area (Å²) >= 11 is 3.55. The number of nitrogens with one attached hydrogen (secondary N) is 2. The first-order chi connectivity index (χ1) is 18.9. The van der Waals surface area contributed by atoms with Gasteiger partial charge in [-0.25, -0.2) is 0 Å². The van der Waals surface area contributed by atoms with Gasteiger partial charge in [0, 0.05) is 23.3 Å². The molecule has 9 heteroatoms. The van der Waals surface area contributed by atoms with E-state index in [0.29, 0.717) is 47.2 Å². The number of fused-ring (bicyclic) bond motifs is 1. The lowest BCUT2D eigenvalue weighted by atomic mass is 9.78. The Morgan fingerprint density at radius 3 is 2.03 bits per heavy atom. The predicted octanol–water partition coefficient (Wildman–Crippen LogP) is 6.47. The highest BCUT2D eigenvalue weighted by molar-refractivity contribution is 9.10. The van der Waals surface area contributed by atoms with Gasteiger partial charge >= 0.3 is 0 Å². The van der Waals surface area contributed by atoms with E-state index in [0.717, 1.165) is 32.7 Å². The van der Waals surface area contributed by atoms with Gasteiger partial charge in [-0.1, -0.05) is 12.1 Å². The van der Waals surface area contributed by atoms with Crippen LogP contribution < -0.4 is 34.3 Å². The van der Waals surface area contributed by atoms with Gasteiger partial charge in [0.1, 0.15) is 11.5 Å². The number of hydrogen-bond acceptors (Lipinski definition) is 8. The zero-order valence-corrected chi connectivity index (χ0v) is 24.1. The molecule has 2 atom stereocenters. The molecule has 0 saturated heterocycles. The third-order valence-corrected chi connectivity index (χ3v) is 7.90. The van der Waals surface area contributed by atoms with Gasteiger partial charge in [-0.15, -0.1) is 0 Å². The SMILES string of the molecule is COc1cc(C2Nc3ccccc3NC3=C2C(=O)CC(c2cc(OC)c(OC)c(OC)c2)C3)c(OC)cc1Br. The van der Waals surface area contributed by atoms with E-state index < -0.39 is 6.04 Å². The molecule has 2 unspecified atom stereocenters. The van der Waals surface area contributed by atoms with Crippen LogP contribution >= 0.6 is 15.9 Å². The second kappa shape index (κ2) is 11.1. The van der Waals surface area contributed by atoms with E-state index in [4.69, 9.17) is 23.7 Å². The predicted molar refractivity (Wildman–Crippen MR) is 154 cm³/mol. The van der Waals surface area contributed by atoms with Crippen LogP contribution in [0, 0.1) is 0 Å². The van der Waals surface area contributed by atoms with E-state index in [2.05, 4.69) is 26.6 Å². The van der Waals surface area contributed by atoms with Crippen LogP contribution in [0.4, 0.5) is 11.4 Å². The van der Waals surface area contributed by atoms with Crippen LogP contribution in [-0.2, 0) is 4.79 Å². The number of anilines is 2. The van der Waals surface area contributed by atoms with Crippen LogP contribution in [0.15, 0.2) is 64.3 Å². The fourth-order valence-electron chi connectivity index (χ4n) is 5.41. The number of ketones is 1. The normalized spacial score (nSPS) is 18.2. The summed E-state index contributed by atoms with van der Waals surface area (Å²) in [5.74, 6) is 2.88. The third-order valence-electron chi connectivity index (χ3n) is 7.28. The van der Waals surface area contributed by atoms with E-state index in [1.165, 1.54) is 0 Å². The van der Waals surface area contributed by atoms with Crippen molar-refractivity contribution in [2.75, 3.05) is 46.2 Å². The number of ether oxygens (including phenoxy) is 5. The van der Waals surface area contributed by atoms with Crippen molar-refractivity contribution in [2.45, 2.75) is 24.8 Å². The Hall–Kier alpha value is -3.85. The molecule has 5 rings (SSSR count). The molecule has 0 radical (unpaired) electrons. The molecule has 0 fully saturated rings. The number of para-hydroxylation sites is 2. The zero-order valence-electron chi connectivity index (χ0n) is 22.5. The molecule has 1 aliphatic heterocycles. The Morgan fingerprint density at radius 2 is 1.41 bits per heavy atom. The molecular formula is C30H31BrN2O6. The lowest BCUT2D eigenvalue weighted by Crippen LogP contribution is -2.27. The van der Waals surface area contributed by atoms with Crippen LogP contribution in [-0.4, -0.2) is 41.3 Å². The molecule has 0 amide bonds. The van der Waals surface area contributed by atoms with Crippen molar-refractivity contribution in [1.82, 2.24) is 0 Å². The Balaban J connectivity index is 1.65. The molecule has 0 bridgehead atoms. The van der Waals surface area contributed by atoms with Crippen LogP contribution in [0.25, 0.3) is 0 Å². The van der Waals surface area contributed by atoms with Gasteiger partial charge < -0.3 is 34.3 Å². The Kier molecular flexibility index (Phi) is 7.61. The summed E-state index contributed by atoms with van der Waals surface area (Å²) < 4.78 is 28.8. The van der Waals surface area contributed by atoms with Crippen LogP contribution in [0.2, 0.25) is 0 Å². The fourth-order valence-corrected chi connectivity index (χ4v) is 5.89. The first-order valence-corrected chi connectivity index (χ1v) is 13.3. The highest BCUT2D eigenvalue weighted by Crippen LogP contribution is 2.49. The van der Waals surface area contributed by atoms with Crippen molar-refractivity contribution in [3.8, 4) is 28.7 Å². The number of benzene rings is 3. The molecule has 8 nitrogen and oxygen atoms in total. The Morgan fingerprint density at radius 1 is 0.769 bits per heavy atom. The number of Topliss-reactive ketones (excluding diaryl/α,β-unsaturated/α-hetero) is 1. The quantitative estimate of drug-likeness (QED) is 0.322. The summed E-state index contributed by atoms with van der Waals surface area (Å²) in [7, 11) is 8.00. The monoisotopic (exact) mass is 594 g/mol. The largest absolute Gasteiger partial charge is 0.496 e. The molecule has 0 aromatic heterocycles. The molecule has 2 N–H and O–H groups in total. The van der Waals surface area contributed by atoms with Gasteiger partial charge in [0.05, 0.1) is 57.4 Å². The average Bonchev–Trinajstić information content (AvgIpc) is 3.12. The highest BCUT2D eigenvalue weighted by Gasteiger charge is 2.38. The van der Waals surface area contributed by atoms with Crippen LogP contribution in [0.1, 0.15) is 35.9 Å². The average molecular weight is 595 g/mol. The number of hydrogen-bond donors (Lipinski definition) is 2. The molecular weight excluding hydrogens is 564 g/mol. The Bertz CT molecular complexity index is 1430. The number of allylic oxidation sites excluding steroid dienone is 1. The van der Waals surface area contributed by atoms with Crippen LogP contribution in [0.5, 0.6) is 28.7 Å². The minimum absolute atomic E-state index is 0.0387. The fraction of sp³-hybridized carbons (Fsp3) is 0.300.